The van der Waals surface area contributed by atoms with Crippen molar-refractivity contribution in [2.24, 2.45) is 40.4 Å². The van der Waals surface area contributed by atoms with Gasteiger partial charge in [-0.2, -0.15) is 0 Å². The van der Waals surface area contributed by atoms with Crippen molar-refractivity contribution in [3.05, 3.63) is 35.4 Å². The van der Waals surface area contributed by atoms with Gasteiger partial charge in [0.15, 0.2) is 6.61 Å². The van der Waals surface area contributed by atoms with Crippen LogP contribution in [0.15, 0.2) is 24.3 Å². The van der Waals surface area contributed by atoms with Crippen molar-refractivity contribution in [2.75, 3.05) is 6.61 Å². The molecule has 0 spiro atoms. The van der Waals surface area contributed by atoms with Crippen molar-refractivity contribution >= 4 is 17.5 Å². The first-order chi connectivity index (χ1) is 18.0. The summed E-state index contributed by atoms with van der Waals surface area (Å²) >= 11 is 0. The maximum absolute atomic E-state index is 12.6. The first kappa shape index (κ1) is 27.1. The van der Waals surface area contributed by atoms with E-state index in [4.69, 9.17) is 4.74 Å². The van der Waals surface area contributed by atoms with E-state index in [1.807, 2.05) is 6.07 Å². The van der Waals surface area contributed by atoms with Crippen LogP contribution in [0, 0.1) is 52.3 Å². The lowest BCUT2D eigenvalue weighted by Crippen LogP contribution is -2.56. The lowest BCUT2D eigenvalue weighted by Gasteiger charge is -2.61. The quantitative estimate of drug-likeness (QED) is 0.311. The molecule has 8 atom stereocenters. The zero-order valence-corrected chi connectivity index (χ0v) is 23.3. The zero-order chi connectivity index (χ0) is 27.3. The normalized spacial score (nSPS) is 39.6. The van der Waals surface area contributed by atoms with Gasteiger partial charge < -0.3 is 9.84 Å². The Morgan fingerprint density at radius 3 is 2.42 bits per heavy atom. The highest BCUT2D eigenvalue weighted by Crippen LogP contribution is 2.68. The molecule has 1 unspecified atom stereocenters. The standard InChI is InChI=1S/C33H42O5/c1-21(34)27-11-12-28-26-10-9-24-19-33(37,18-17-31(24,3)29(26)14-15-32(27,28)4)16-13-23-7-5-6-8-25(23)30(36)20-38-22(2)35/h5-8,24,26-29,37H,9-12,14-15,17-20H2,1-4H3/t24?,26-,27+,28-,29-,31-,32+,33-/m0/s1. The fourth-order valence-corrected chi connectivity index (χ4v) is 9.29. The predicted octanol–water partition coefficient (Wildman–Crippen LogP) is 5.76. The van der Waals surface area contributed by atoms with E-state index in [1.54, 1.807) is 25.1 Å². The Labute approximate surface area is 227 Å². The van der Waals surface area contributed by atoms with Crippen LogP contribution in [0.25, 0.3) is 0 Å². The van der Waals surface area contributed by atoms with E-state index in [-0.39, 0.29) is 29.1 Å². The number of fused-ring (bicyclic) bond motifs is 5. The van der Waals surface area contributed by atoms with Crippen molar-refractivity contribution in [2.45, 2.75) is 91.1 Å². The highest BCUT2D eigenvalue weighted by atomic mass is 16.5. The smallest absolute Gasteiger partial charge is 0.303 e. The molecule has 1 N–H and O–H groups in total. The highest BCUT2D eigenvalue weighted by Gasteiger charge is 2.61. The number of ketones is 2. The lowest BCUT2D eigenvalue weighted by molar-refractivity contribution is -0.144. The van der Waals surface area contributed by atoms with Gasteiger partial charge in [0, 0.05) is 24.0 Å². The van der Waals surface area contributed by atoms with Crippen molar-refractivity contribution in [1.29, 1.82) is 0 Å². The Balaban J connectivity index is 1.32. The van der Waals surface area contributed by atoms with E-state index in [0.29, 0.717) is 53.4 Å². The largest absolute Gasteiger partial charge is 0.457 e. The van der Waals surface area contributed by atoms with E-state index in [0.717, 1.165) is 25.7 Å². The van der Waals surface area contributed by atoms with Crippen molar-refractivity contribution in [1.82, 2.24) is 0 Å². The number of carbonyl (C=O) groups excluding carboxylic acids is 3. The van der Waals surface area contributed by atoms with Gasteiger partial charge in [-0.25, -0.2) is 0 Å². The van der Waals surface area contributed by atoms with E-state index < -0.39 is 11.6 Å². The van der Waals surface area contributed by atoms with Crippen LogP contribution in [0.4, 0.5) is 0 Å². The summed E-state index contributed by atoms with van der Waals surface area (Å²) in [6.07, 6.45) is 9.14. The fraction of sp³-hybridized carbons (Fsp3) is 0.667. The number of hydrogen-bond donors (Lipinski definition) is 1. The molecule has 4 aliphatic carbocycles. The molecule has 1 aromatic rings. The highest BCUT2D eigenvalue weighted by molar-refractivity contribution is 6.00. The SMILES string of the molecule is CC(=O)OCC(=O)c1ccccc1C#C[C@]1(O)CC[C@@]2(C)C(CC[C@H]3[C@@H]4CC[C@H](C(C)=O)[C@@]4(C)CC[C@@H]32)C1. The number of Topliss-reactive ketones (excluding diaryl/α,β-unsaturated/α-hetero) is 2. The molecule has 0 aromatic heterocycles. The molecule has 4 fully saturated rings. The number of carbonyl (C=O) groups is 3. The van der Waals surface area contributed by atoms with Gasteiger partial charge in [-0.15, -0.1) is 0 Å². The summed E-state index contributed by atoms with van der Waals surface area (Å²) in [5.74, 6) is 8.51. The van der Waals surface area contributed by atoms with Crippen LogP contribution in [0.2, 0.25) is 0 Å². The average molecular weight is 519 g/mol. The number of aliphatic hydroxyl groups is 1. The molecule has 0 aliphatic heterocycles. The second-order valence-electron chi connectivity index (χ2n) is 13.2. The number of esters is 1. The van der Waals surface area contributed by atoms with Crippen LogP contribution in [0.5, 0.6) is 0 Å². The molecule has 204 valence electrons. The summed E-state index contributed by atoms with van der Waals surface area (Å²) in [7, 11) is 0. The Hall–Kier alpha value is -2.45. The minimum Gasteiger partial charge on any atom is -0.457 e. The molecule has 0 radical (unpaired) electrons. The minimum atomic E-state index is -1.07. The van der Waals surface area contributed by atoms with Gasteiger partial charge in [-0.05, 0) is 105 Å². The summed E-state index contributed by atoms with van der Waals surface area (Å²) < 4.78 is 4.89. The second kappa shape index (κ2) is 9.94. The van der Waals surface area contributed by atoms with Crippen LogP contribution in [0.1, 0.15) is 101 Å². The summed E-state index contributed by atoms with van der Waals surface area (Å²) in [4.78, 5) is 36.2. The van der Waals surface area contributed by atoms with Crippen molar-refractivity contribution in [3.63, 3.8) is 0 Å². The lowest BCUT2D eigenvalue weighted by atomic mass is 9.44. The van der Waals surface area contributed by atoms with Gasteiger partial charge in [0.2, 0.25) is 5.78 Å². The molecule has 4 saturated carbocycles. The molecule has 5 nitrogen and oxygen atoms in total. The van der Waals surface area contributed by atoms with E-state index >= 15 is 0 Å². The van der Waals surface area contributed by atoms with Gasteiger partial charge in [0.1, 0.15) is 11.4 Å². The van der Waals surface area contributed by atoms with Crippen LogP contribution in [-0.4, -0.2) is 34.9 Å². The van der Waals surface area contributed by atoms with Gasteiger partial charge in [-0.1, -0.05) is 43.9 Å². The zero-order valence-electron chi connectivity index (χ0n) is 23.3. The third-order valence-corrected chi connectivity index (χ3v) is 11.3. The molecule has 38 heavy (non-hydrogen) atoms. The molecule has 0 saturated heterocycles. The molecule has 1 aromatic carbocycles. The third kappa shape index (κ3) is 4.64. The maximum Gasteiger partial charge on any atom is 0.303 e. The van der Waals surface area contributed by atoms with Crippen LogP contribution in [0.3, 0.4) is 0 Å². The Bertz CT molecular complexity index is 1190. The average Bonchev–Trinajstić information content (AvgIpc) is 3.24. The monoisotopic (exact) mass is 518 g/mol. The maximum atomic E-state index is 12.6. The van der Waals surface area contributed by atoms with Gasteiger partial charge >= 0.3 is 5.97 Å². The summed E-state index contributed by atoms with van der Waals surface area (Å²) in [5.41, 5.74) is 0.265. The molecule has 0 bridgehead atoms. The first-order valence-electron chi connectivity index (χ1n) is 14.5. The third-order valence-electron chi connectivity index (χ3n) is 11.3. The van der Waals surface area contributed by atoms with Crippen LogP contribution >= 0.6 is 0 Å². The summed E-state index contributed by atoms with van der Waals surface area (Å²) in [5, 5.41) is 11.6. The number of rotatable bonds is 4. The minimum absolute atomic E-state index is 0.164. The van der Waals surface area contributed by atoms with E-state index in [9.17, 15) is 19.5 Å². The van der Waals surface area contributed by atoms with Crippen molar-refractivity contribution in [3.8, 4) is 11.8 Å². The predicted molar refractivity (Wildman–Crippen MR) is 145 cm³/mol. The van der Waals surface area contributed by atoms with Gasteiger partial charge in [0.05, 0.1) is 0 Å². The fourth-order valence-electron chi connectivity index (χ4n) is 9.29. The topological polar surface area (TPSA) is 80.7 Å². The number of ether oxygens (including phenoxy) is 1. The molecular formula is C33H42O5. The van der Waals surface area contributed by atoms with Gasteiger partial charge in [0.25, 0.3) is 0 Å². The molecule has 5 heteroatoms. The van der Waals surface area contributed by atoms with Crippen molar-refractivity contribution < 1.29 is 24.2 Å². The molecule has 5 rings (SSSR count). The Morgan fingerprint density at radius 2 is 1.68 bits per heavy atom. The van der Waals surface area contributed by atoms with Gasteiger partial charge in [-0.3, -0.25) is 14.4 Å². The molecular weight excluding hydrogens is 476 g/mol. The molecule has 4 aliphatic rings. The molecule has 0 heterocycles. The van der Waals surface area contributed by atoms with Crippen LogP contribution < -0.4 is 0 Å². The summed E-state index contributed by atoms with van der Waals surface area (Å²) in [6, 6.07) is 7.07. The van der Waals surface area contributed by atoms with E-state index in [2.05, 4.69) is 25.7 Å². The number of hydrogen-bond acceptors (Lipinski definition) is 5. The van der Waals surface area contributed by atoms with Crippen LogP contribution in [-0.2, 0) is 14.3 Å². The summed E-state index contributed by atoms with van der Waals surface area (Å²) in [6.45, 7) is 7.62. The molecule has 0 amide bonds. The first-order valence-corrected chi connectivity index (χ1v) is 14.5. The van der Waals surface area contributed by atoms with E-state index in [1.165, 1.54) is 26.2 Å². The Kier molecular flexibility index (Phi) is 7.10. The number of benzene rings is 1. The second-order valence-corrected chi connectivity index (χ2v) is 13.2. The Morgan fingerprint density at radius 1 is 0.947 bits per heavy atom.